The van der Waals surface area contributed by atoms with Gasteiger partial charge >= 0.3 is 0 Å². The summed E-state index contributed by atoms with van der Waals surface area (Å²) in [4.78, 5) is 14.3. The van der Waals surface area contributed by atoms with E-state index in [4.69, 9.17) is 0 Å². The number of benzene rings is 1. The van der Waals surface area contributed by atoms with Crippen LogP contribution in [-0.4, -0.2) is 36.5 Å². The van der Waals surface area contributed by atoms with Crippen molar-refractivity contribution in [3.63, 3.8) is 0 Å². The molecule has 1 heterocycles. The molecule has 19 heavy (non-hydrogen) atoms. The topological polar surface area (TPSA) is 32.3 Å². The van der Waals surface area contributed by atoms with Crippen LogP contribution in [0.5, 0.6) is 0 Å². The molecule has 0 radical (unpaired) electrons. The van der Waals surface area contributed by atoms with Crippen molar-refractivity contribution in [3.8, 4) is 0 Å². The number of hydrogen-bond donors (Lipinski definition) is 1. The van der Waals surface area contributed by atoms with Crippen LogP contribution in [0.2, 0.25) is 0 Å². The van der Waals surface area contributed by atoms with Gasteiger partial charge in [-0.3, -0.25) is 4.79 Å². The molecule has 1 aliphatic rings. The number of fused-ring (bicyclic) bond motifs is 1. The molecule has 1 unspecified atom stereocenters. The van der Waals surface area contributed by atoms with Crippen molar-refractivity contribution in [1.82, 2.24) is 10.2 Å². The van der Waals surface area contributed by atoms with Gasteiger partial charge in [-0.05, 0) is 37.4 Å². The van der Waals surface area contributed by atoms with Crippen LogP contribution < -0.4 is 5.32 Å². The number of nitrogens with zero attached hydrogens (tertiary/aromatic N) is 1. The van der Waals surface area contributed by atoms with Crippen molar-refractivity contribution in [2.24, 2.45) is 0 Å². The second kappa shape index (κ2) is 6.71. The number of amides is 1. The maximum atomic E-state index is 12.3. The highest BCUT2D eigenvalue weighted by molar-refractivity contribution is 5.77. The molecule has 3 heteroatoms. The van der Waals surface area contributed by atoms with Gasteiger partial charge < -0.3 is 10.2 Å². The molecule has 1 N–H and O–H groups in total. The van der Waals surface area contributed by atoms with Crippen LogP contribution in [0.1, 0.15) is 31.4 Å². The van der Waals surface area contributed by atoms with E-state index in [9.17, 15) is 4.79 Å². The molecule has 0 fully saturated rings. The molecule has 3 nitrogen and oxygen atoms in total. The number of carbonyl (C=O) groups excluding carboxylic acids is 1. The van der Waals surface area contributed by atoms with Crippen LogP contribution in [-0.2, 0) is 17.6 Å². The van der Waals surface area contributed by atoms with E-state index in [1.165, 1.54) is 11.1 Å². The average molecular weight is 260 g/mol. The van der Waals surface area contributed by atoms with Gasteiger partial charge in [0.25, 0.3) is 0 Å². The minimum atomic E-state index is 0.267. The van der Waals surface area contributed by atoms with Gasteiger partial charge in [0.2, 0.25) is 5.91 Å². The highest BCUT2D eigenvalue weighted by Gasteiger charge is 2.19. The van der Waals surface area contributed by atoms with E-state index in [2.05, 4.69) is 43.4 Å². The van der Waals surface area contributed by atoms with Crippen LogP contribution in [0.25, 0.3) is 0 Å². The molecular formula is C16H24N2O. The van der Waals surface area contributed by atoms with E-state index in [-0.39, 0.29) is 11.9 Å². The van der Waals surface area contributed by atoms with Crippen molar-refractivity contribution in [2.45, 2.75) is 39.2 Å². The summed E-state index contributed by atoms with van der Waals surface area (Å²) in [5.41, 5.74) is 2.80. The minimum Gasteiger partial charge on any atom is -0.342 e. The van der Waals surface area contributed by atoms with E-state index < -0.39 is 0 Å². The molecule has 1 amide bonds. The van der Waals surface area contributed by atoms with Crippen LogP contribution in [0, 0.1) is 0 Å². The lowest BCUT2D eigenvalue weighted by atomic mass is 10.0. The van der Waals surface area contributed by atoms with Gasteiger partial charge in [0.15, 0.2) is 0 Å². The number of nitrogens with one attached hydrogen (secondary N) is 1. The van der Waals surface area contributed by atoms with Gasteiger partial charge in [0, 0.05) is 25.6 Å². The van der Waals surface area contributed by atoms with Crippen LogP contribution in [0.4, 0.5) is 0 Å². The zero-order valence-electron chi connectivity index (χ0n) is 12.0. The summed E-state index contributed by atoms with van der Waals surface area (Å²) in [6.07, 6.45) is 2.57. The third-order valence-electron chi connectivity index (χ3n) is 3.81. The van der Waals surface area contributed by atoms with E-state index in [0.717, 1.165) is 32.5 Å². The number of rotatable bonds is 4. The summed E-state index contributed by atoms with van der Waals surface area (Å²) >= 11 is 0. The van der Waals surface area contributed by atoms with E-state index >= 15 is 0 Å². The summed E-state index contributed by atoms with van der Waals surface area (Å²) in [6.45, 7) is 6.78. The van der Waals surface area contributed by atoms with Crippen molar-refractivity contribution in [3.05, 3.63) is 35.4 Å². The highest BCUT2D eigenvalue weighted by Crippen LogP contribution is 2.16. The Balaban J connectivity index is 1.92. The minimum absolute atomic E-state index is 0.267. The van der Waals surface area contributed by atoms with Crippen molar-refractivity contribution in [1.29, 1.82) is 0 Å². The normalized spacial score (nSPS) is 16.6. The van der Waals surface area contributed by atoms with Crippen molar-refractivity contribution < 1.29 is 4.79 Å². The predicted octanol–water partition coefficient (Wildman–Crippen LogP) is 2.00. The van der Waals surface area contributed by atoms with Gasteiger partial charge in [0.1, 0.15) is 0 Å². The van der Waals surface area contributed by atoms with Gasteiger partial charge in [-0.2, -0.15) is 0 Å². The molecular weight excluding hydrogens is 236 g/mol. The first kappa shape index (κ1) is 14.1. The summed E-state index contributed by atoms with van der Waals surface area (Å²) in [6, 6.07) is 8.81. The molecule has 0 aliphatic carbocycles. The number of carbonyl (C=O) groups is 1. The Hall–Kier alpha value is -1.35. The Bertz CT molecular complexity index is 404. The molecule has 1 aromatic rings. The predicted molar refractivity (Wildman–Crippen MR) is 78.2 cm³/mol. The lowest BCUT2D eigenvalue weighted by Gasteiger charge is -2.22. The van der Waals surface area contributed by atoms with E-state index in [1.807, 2.05) is 4.90 Å². The zero-order chi connectivity index (χ0) is 13.7. The molecule has 0 saturated heterocycles. The molecule has 0 saturated carbocycles. The monoisotopic (exact) mass is 260 g/mol. The zero-order valence-corrected chi connectivity index (χ0v) is 12.0. The fourth-order valence-corrected chi connectivity index (χ4v) is 2.73. The molecule has 0 spiro atoms. The third kappa shape index (κ3) is 3.80. The molecule has 104 valence electrons. The standard InChI is InChI=1S/C16H24N2O/c1-3-17-13(2)12-16(19)18-10-8-14-6-4-5-7-15(14)9-11-18/h4-7,13,17H,3,8-12H2,1-2H3. The average Bonchev–Trinajstić information content (AvgIpc) is 2.61. The molecule has 0 bridgehead atoms. The Labute approximate surface area is 116 Å². The largest absolute Gasteiger partial charge is 0.342 e. The van der Waals surface area contributed by atoms with Crippen molar-refractivity contribution >= 4 is 5.91 Å². The maximum Gasteiger partial charge on any atom is 0.224 e. The Morgan fingerprint density at radius 3 is 2.37 bits per heavy atom. The summed E-state index contributed by atoms with van der Waals surface area (Å²) in [5, 5.41) is 3.30. The SMILES string of the molecule is CCNC(C)CC(=O)N1CCc2ccccc2CC1. The summed E-state index contributed by atoms with van der Waals surface area (Å²) in [7, 11) is 0. The van der Waals surface area contributed by atoms with E-state index in [1.54, 1.807) is 0 Å². The molecule has 1 aliphatic heterocycles. The van der Waals surface area contributed by atoms with Gasteiger partial charge in [-0.15, -0.1) is 0 Å². The molecule has 1 atom stereocenters. The van der Waals surface area contributed by atoms with Gasteiger partial charge in [0.05, 0.1) is 0 Å². The van der Waals surface area contributed by atoms with Gasteiger partial charge in [-0.25, -0.2) is 0 Å². The molecule has 2 rings (SSSR count). The Morgan fingerprint density at radius 1 is 1.26 bits per heavy atom. The Kier molecular flexibility index (Phi) is 4.97. The fourth-order valence-electron chi connectivity index (χ4n) is 2.73. The maximum absolute atomic E-state index is 12.3. The second-order valence-electron chi connectivity index (χ2n) is 5.31. The summed E-state index contributed by atoms with van der Waals surface area (Å²) in [5.74, 6) is 0.279. The van der Waals surface area contributed by atoms with Crippen LogP contribution in [0.15, 0.2) is 24.3 Å². The Morgan fingerprint density at radius 2 is 1.84 bits per heavy atom. The fraction of sp³-hybridized carbons (Fsp3) is 0.562. The highest BCUT2D eigenvalue weighted by atomic mass is 16.2. The lowest BCUT2D eigenvalue weighted by Crippen LogP contribution is -2.38. The van der Waals surface area contributed by atoms with Gasteiger partial charge in [-0.1, -0.05) is 31.2 Å². The second-order valence-corrected chi connectivity index (χ2v) is 5.31. The lowest BCUT2D eigenvalue weighted by molar-refractivity contribution is -0.131. The van der Waals surface area contributed by atoms with Crippen molar-refractivity contribution in [2.75, 3.05) is 19.6 Å². The summed E-state index contributed by atoms with van der Waals surface area (Å²) < 4.78 is 0. The first-order valence-electron chi connectivity index (χ1n) is 7.28. The quantitative estimate of drug-likeness (QED) is 0.898. The first-order chi connectivity index (χ1) is 9.20. The number of hydrogen-bond acceptors (Lipinski definition) is 2. The van der Waals surface area contributed by atoms with Crippen LogP contribution in [0.3, 0.4) is 0 Å². The molecule has 0 aromatic heterocycles. The van der Waals surface area contributed by atoms with E-state index in [0.29, 0.717) is 6.42 Å². The molecule has 1 aromatic carbocycles. The van der Waals surface area contributed by atoms with Crippen LogP contribution >= 0.6 is 0 Å². The smallest absolute Gasteiger partial charge is 0.224 e. The first-order valence-corrected chi connectivity index (χ1v) is 7.28. The third-order valence-corrected chi connectivity index (χ3v) is 3.81.